The van der Waals surface area contributed by atoms with Crippen LogP contribution in [0, 0.1) is 11.8 Å². The average Bonchev–Trinajstić information content (AvgIpc) is 1.99. The number of ether oxygens (including phenoxy) is 1. The minimum absolute atomic E-state index is 0.0726. The van der Waals surface area contributed by atoms with Crippen LogP contribution in [0.25, 0.3) is 0 Å². The first-order valence-corrected chi connectivity index (χ1v) is 4.12. The van der Waals surface area contributed by atoms with Gasteiger partial charge < -0.3 is 9.84 Å². The number of fused-ring (bicyclic) bond motifs is 2. The summed E-state index contributed by atoms with van der Waals surface area (Å²) in [5.41, 5.74) is 0. The van der Waals surface area contributed by atoms with Crippen LogP contribution in [-0.4, -0.2) is 24.4 Å². The molecule has 58 valence electrons. The molecule has 3 atom stereocenters. The molecular formula is C8H14O2. The molecule has 0 radical (unpaired) electrons. The van der Waals surface area contributed by atoms with Crippen molar-refractivity contribution in [3.63, 3.8) is 0 Å². The molecule has 2 rings (SSSR count). The fourth-order valence-electron chi connectivity index (χ4n) is 2.06. The molecule has 2 nitrogen and oxygen atoms in total. The Morgan fingerprint density at radius 3 is 2.90 bits per heavy atom. The maximum atomic E-state index is 9.44. The van der Waals surface area contributed by atoms with Gasteiger partial charge in [0.15, 0.2) is 0 Å². The molecule has 2 heteroatoms. The van der Waals surface area contributed by atoms with Crippen molar-refractivity contribution in [1.29, 1.82) is 0 Å². The van der Waals surface area contributed by atoms with Gasteiger partial charge in [-0.1, -0.05) is 0 Å². The molecule has 2 bridgehead atoms. The largest absolute Gasteiger partial charge is 0.393 e. The first-order chi connectivity index (χ1) is 4.86. The van der Waals surface area contributed by atoms with Crippen LogP contribution in [0.3, 0.4) is 0 Å². The zero-order valence-corrected chi connectivity index (χ0v) is 6.12. The summed E-state index contributed by atoms with van der Waals surface area (Å²) < 4.78 is 5.35. The minimum Gasteiger partial charge on any atom is -0.393 e. The molecule has 1 N–H and O–H groups in total. The molecule has 0 aromatic heterocycles. The van der Waals surface area contributed by atoms with E-state index in [4.69, 9.17) is 4.74 Å². The number of aliphatic hydroxyl groups is 1. The predicted octanol–water partition coefficient (Wildman–Crippen LogP) is 0.794. The summed E-state index contributed by atoms with van der Waals surface area (Å²) >= 11 is 0. The third-order valence-corrected chi connectivity index (χ3v) is 2.74. The SMILES string of the molecule is O[C@@H]1CC[C@@H]2COC[C@H]1C2. The Morgan fingerprint density at radius 2 is 2.10 bits per heavy atom. The maximum Gasteiger partial charge on any atom is 0.0590 e. The van der Waals surface area contributed by atoms with Gasteiger partial charge in [0.05, 0.1) is 12.7 Å². The summed E-state index contributed by atoms with van der Waals surface area (Å²) in [4.78, 5) is 0. The van der Waals surface area contributed by atoms with Crippen LogP contribution in [0.5, 0.6) is 0 Å². The van der Waals surface area contributed by atoms with E-state index in [1.54, 1.807) is 0 Å². The molecule has 10 heavy (non-hydrogen) atoms. The van der Waals surface area contributed by atoms with E-state index >= 15 is 0 Å². The van der Waals surface area contributed by atoms with Crippen molar-refractivity contribution < 1.29 is 9.84 Å². The van der Waals surface area contributed by atoms with Crippen LogP contribution in [0.15, 0.2) is 0 Å². The lowest BCUT2D eigenvalue weighted by Gasteiger charge is -2.37. The fourth-order valence-corrected chi connectivity index (χ4v) is 2.06. The number of aliphatic hydroxyl groups excluding tert-OH is 1. The highest BCUT2D eigenvalue weighted by molar-refractivity contribution is 4.82. The van der Waals surface area contributed by atoms with Gasteiger partial charge >= 0.3 is 0 Å². The van der Waals surface area contributed by atoms with E-state index in [1.165, 1.54) is 6.42 Å². The Kier molecular flexibility index (Phi) is 1.66. The van der Waals surface area contributed by atoms with Crippen LogP contribution in [0.4, 0.5) is 0 Å². The summed E-state index contributed by atoms with van der Waals surface area (Å²) in [7, 11) is 0. The first kappa shape index (κ1) is 6.62. The molecule has 0 aromatic rings. The molecule has 1 heterocycles. The summed E-state index contributed by atoms with van der Waals surface area (Å²) in [5.74, 6) is 1.20. The fraction of sp³-hybridized carbons (Fsp3) is 1.00. The zero-order chi connectivity index (χ0) is 6.97. The molecule has 2 fully saturated rings. The van der Waals surface area contributed by atoms with Crippen LogP contribution >= 0.6 is 0 Å². The topological polar surface area (TPSA) is 29.5 Å². The van der Waals surface area contributed by atoms with Crippen molar-refractivity contribution >= 4 is 0 Å². The zero-order valence-electron chi connectivity index (χ0n) is 6.12. The van der Waals surface area contributed by atoms with Crippen molar-refractivity contribution in [2.24, 2.45) is 11.8 Å². The monoisotopic (exact) mass is 142 g/mol. The second-order valence-corrected chi connectivity index (χ2v) is 3.54. The Hall–Kier alpha value is -0.0800. The molecule has 2 aliphatic rings. The van der Waals surface area contributed by atoms with Gasteiger partial charge in [-0.2, -0.15) is 0 Å². The highest BCUT2D eigenvalue weighted by Gasteiger charge is 2.32. The van der Waals surface area contributed by atoms with E-state index in [0.29, 0.717) is 5.92 Å². The van der Waals surface area contributed by atoms with Gasteiger partial charge in [0.1, 0.15) is 0 Å². The number of rotatable bonds is 0. The summed E-state index contributed by atoms with van der Waals surface area (Å²) in [6.07, 6.45) is 3.29. The number of hydrogen-bond acceptors (Lipinski definition) is 2. The normalized spacial score (nSPS) is 47.1. The van der Waals surface area contributed by atoms with Crippen molar-refractivity contribution in [2.75, 3.05) is 13.2 Å². The van der Waals surface area contributed by atoms with Gasteiger partial charge in [-0.05, 0) is 25.2 Å². The quantitative estimate of drug-likeness (QED) is 0.542. The molecule has 1 aliphatic carbocycles. The summed E-state index contributed by atoms with van der Waals surface area (Å²) in [6.45, 7) is 1.72. The Balaban J connectivity index is 2.00. The molecule has 0 aromatic carbocycles. The van der Waals surface area contributed by atoms with Crippen molar-refractivity contribution in [3.8, 4) is 0 Å². The Morgan fingerprint density at radius 1 is 1.20 bits per heavy atom. The third-order valence-electron chi connectivity index (χ3n) is 2.74. The lowest BCUT2D eigenvalue weighted by Crippen LogP contribution is -2.38. The highest BCUT2D eigenvalue weighted by Crippen LogP contribution is 2.33. The van der Waals surface area contributed by atoms with E-state index in [0.717, 1.165) is 32.0 Å². The van der Waals surface area contributed by atoms with Crippen LogP contribution in [0.2, 0.25) is 0 Å². The second-order valence-electron chi connectivity index (χ2n) is 3.54. The third kappa shape index (κ3) is 1.06. The van der Waals surface area contributed by atoms with Gasteiger partial charge in [-0.25, -0.2) is 0 Å². The average molecular weight is 142 g/mol. The lowest BCUT2D eigenvalue weighted by atomic mass is 9.79. The molecule has 1 aliphatic heterocycles. The lowest BCUT2D eigenvalue weighted by molar-refractivity contribution is -0.0694. The Bertz CT molecular complexity index is 122. The van der Waals surface area contributed by atoms with Crippen LogP contribution < -0.4 is 0 Å². The smallest absolute Gasteiger partial charge is 0.0590 e. The summed E-state index contributed by atoms with van der Waals surface area (Å²) in [5, 5.41) is 9.44. The molecular weight excluding hydrogens is 128 g/mol. The second kappa shape index (κ2) is 2.51. The van der Waals surface area contributed by atoms with E-state index < -0.39 is 0 Å². The predicted molar refractivity (Wildman–Crippen MR) is 37.7 cm³/mol. The van der Waals surface area contributed by atoms with Crippen LogP contribution in [-0.2, 0) is 4.74 Å². The van der Waals surface area contributed by atoms with E-state index in [9.17, 15) is 5.11 Å². The molecule has 0 amide bonds. The van der Waals surface area contributed by atoms with Crippen LogP contribution in [0.1, 0.15) is 19.3 Å². The highest BCUT2D eigenvalue weighted by atomic mass is 16.5. The molecule has 0 unspecified atom stereocenters. The summed E-state index contributed by atoms with van der Waals surface area (Å²) in [6, 6.07) is 0. The van der Waals surface area contributed by atoms with Crippen molar-refractivity contribution in [3.05, 3.63) is 0 Å². The Labute approximate surface area is 61.2 Å². The van der Waals surface area contributed by atoms with E-state index in [1.807, 2.05) is 0 Å². The standard InChI is InChI=1S/C8H14O2/c9-8-2-1-6-3-7(8)5-10-4-6/h6-9H,1-5H2/t6-,7+,8+/m0/s1. The van der Waals surface area contributed by atoms with Gasteiger partial charge in [-0.15, -0.1) is 0 Å². The first-order valence-electron chi connectivity index (χ1n) is 4.12. The van der Waals surface area contributed by atoms with Gasteiger partial charge in [0.25, 0.3) is 0 Å². The maximum absolute atomic E-state index is 9.44. The van der Waals surface area contributed by atoms with Crippen molar-refractivity contribution in [1.82, 2.24) is 0 Å². The van der Waals surface area contributed by atoms with Gasteiger partial charge in [0.2, 0.25) is 0 Å². The molecule has 1 saturated heterocycles. The van der Waals surface area contributed by atoms with Crippen molar-refractivity contribution in [2.45, 2.75) is 25.4 Å². The molecule has 0 spiro atoms. The molecule has 1 saturated carbocycles. The van der Waals surface area contributed by atoms with Gasteiger partial charge in [-0.3, -0.25) is 0 Å². The van der Waals surface area contributed by atoms with E-state index in [2.05, 4.69) is 0 Å². The number of hydrogen-bond donors (Lipinski definition) is 1. The van der Waals surface area contributed by atoms with E-state index in [-0.39, 0.29) is 6.10 Å². The minimum atomic E-state index is -0.0726. The van der Waals surface area contributed by atoms with Gasteiger partial charge in [0, 0.05) is 12.5 Å².